The summed E-state index contributed by atoms with van der Waals surface area (Å²) in [4.78, 5) is 0. The Kier molecular flexibility index (Phi) is 2.46. The van der Waals surface area contributed by atoms with Gasteiger partial charge in [-0.2, -0.15) is 5.10 Å². The van der Waals surface area contributed by atoms with Gasteiger partial charge in [-0.05, 0) is 31.0 Å². The van der Waals surface area contributed by atoms with Crippen LogP contribution < -0.4 is 5.73 Å². The van der Waals surface area contributed by atoms with E-state index in [4.69, 9.17) is 5.73 Å². The van der Waals surface area contributed by atoms with Gasteiger partial charge in [-0.25, -0.2) is 4.68 Å². The smallest absolute Gasteiger partial charge is 0.122 e. The van der Waals surface area contributed by atoms with Crippen LogP contribution in [0.2, 0.25) is 0 Å². The van der Waals surface area contributed by atoms with Crippen LogP contribution in [0.1, 0.15) is 16.7 Å². The molecule has 3 nitrogen and oxygen atoms in total. The van der Waals surface area contributed by atoms with E-state index in [1.54, 1.807) is 10.9 Å². The van der Waals surface area contributed by atoms with Gasteiger partial charge in [0.1, 0.15) is 5.82 Å². The van der Waals surface area contributed by atoms with Gasteiger partial charge in [-0.15, -0.1) is 0 Å². The normalized spacial score (nSPS) is 10.5. The molecule has 1 aromatic heterocycles. The van der Waals surface area contributed by atoms with Crippen molar-refractivity contribution < 1.29 is 0 Å². The molecule has 0 unspecified atom stereocenters. The highest BCUT2D eigenvalue weighted by Gasteiger charge is 2.02. The molecule has 15 heavy (non-hydrogen) atoms. The van der Waals surface area contributed by atoms with Gasteiger partial charge in [0, 0.05) is 0 Å². The quantitative estimate of drug-likeness (QED) is 0.808. The Bertz CT molecular complexity index is 471. The lowest BCUT2D eigenvalue weighted by Crippen LogP contribution is -2.06. The predicted octanol–water partition coefficient (Wildman–Crippen LogP) is 2.13. The predicted molar refractivity (Wildman–Crippen MR) is 61.7 cm³/mol. The molecule has 1 aromatic carbocycles. The highest BCUT2D eigenvalue weighted by molar-refractivity contribution is 5.33. The van der Waals surface area contributed by atoms with Crippen LogP contribution in [0.5, 0.6) is 0 Å². The summed E-state index contributed by atoms with van der Waals surface area (Å²) in [7, 11) is 0. The zero-order chi connectivity index (χ0) is 10.8. The van der Waals surface area contributed by atoms with Crippen molar-refractivity contribution in [2.24, 2.45) is 0 Å². The maximum atomic E-state index is 5.77. The summed E-state index contributed by atoms with van der Waals surface area (Å²) >= 11 is 0. The first-order chi connectivity index (χ1) is 7.16. The number of aromatic nitrogens is 2. The number of anilines is 1. The number of nitrogens with two attached hydrogens (primary N) is 1. The second kappa shape index (κ2) is 3.77. The minimum Gasteiger partial charge on any atom is -0.384 e. The van der Waals surface area contributed by atoms with Crippen LogP contribution >= 0.6 is 0 Å². The van der Waals surface area contributed by atoms with E-state index in [2.05, 4.69) is 37.1 Å². The fraction of sp³-hybridized carbons (Fsp3) is 0.250. The number of nitrogen functional groups attached to an aromatic ring is 1. The molecule has 78 valence electrons. The maximum Gasteiger partial charge on any atom is 0.122 e. The van der Waals surface area contributed by atoms with E-state index in [0.717, 1.165) is 6.54 Å². The summed E-state index contributed by atoms with van der Waals surface area (Å²) in [5, 5.41) is 4.17. The summed E-state index contributed by atoms with van der Waals surface area (Å²) in [6.07, 6.45) is 1.72. The first-order valence-electron chi connectivity index (χ1n) is 5.00. The highest BCUT2D eigenvalue weighted by Crippen LogP contribution is 2.13. The third-order valence-corrected chi connectivity index (χ3v) is 2.57. The number of rotatable bonds is 2. The van der Waals surface area contributed by atoms with E-state index >= 15 is 0 Å². The highest BCUT2D eigenvalue weighted by atomic mass is 15.3. The fourth-order valence-electron chi connectivity index (χ4n) is 1.66. The van der Waals surface area contributed by atoms with E-state index in [-0.39, 0.29) is 0 Å². The molecule has 0 saturated heterocycles. The molecule has 3 heteroatoms. The molecule has 2 N–H and O–H groups in total. The van der Waals surface area contributed by atoms with Crippen molar-refractivity contribution in [3.05, 3.63) is 47.2 Å². The second-order valence-corrected chi connectivity index (χ2v) is 3.84. The summed E-state index contributed by atoms with van der Waals surface area (Å²) in [5.41, 5.74) is 9.59. The molecule has 0 aliphatic heterocycles. The van der Waals surface area contributed by atoms with Crippen molar-refractivity contribution in [2.75, 3.05) is 5.73 Å². The van der Waals surface area contributed by atoms with Crippen LogP contribution in [-0.2, 0) is 6.54 Å². The minimum atomic E-state index is 0.704. The Morgan fingerprint density at radius 2 is 2.07 bits per heavy atom. The zero-order valence-corrected chi connectivity index (χ0v) is 9.07. The first-order valence-corrected chi connectivity index (χ1v) is 5.00. The Balaban J connectivity index is 2.29. The van der Waals surface area contributed by atoms with Gasteiger partial charge in [0.25, 0.3) is 0 Å². The topological polar surface area (TPSA) is 43.8 Å². The molecule has 0 spiro atoms. The SMILES string of the molecule is Cc1ccc(Cn2nccc2N)c(C)c1. The largest absolute Gasteiger partial charge is 0.384 e. The molecule has 0 amide bonds. The van der Waals surface area contributed by atoms with Gasteiger partial charge in [-0.1, -0.05) is 23.8 Å². The summed E-state index contributed by atoms with van der Waals surface area (Å²) in [6.45, 7) is 4.95. The number of hydrogen-bond donors (Lipinski definition) is 1. The molecule has 0 aliphatic rings. The van der Waals surface area contributed by atoms with Crippen molar-refractivity contribution in [3.8, 4) is 0 Å². The molecule has 0 fully saturated rings. The second-order valence-electron chi connectivity index (χ2n) is 3.84. The van der Waals surface area contributed by atoms with Gasteiger partial charge in [-0.3, -0.25) is 0 Å². The standard InChI is InChI=1S/C12H15N3/c1-9-3-4-11(10(2)7-9)8-15-12(13)5-6-14-15/h3-7H,8,13H2,1-2H3. The molecular weight excluding hydrogens is 186 g/mol. The van der Waals surface area contributed by atoms with Gasteiger partial charge >= 0.3 is 0 Å². The number of nitrogens with zero attached hydrogens (tertiary/aromatic N) is 2. The van der Waals surface area contributed by atoms with Gasteiger partial charge in [0.05, 0.1) is 12.7 Å². The number of benzene rings is 1. The van der Waals surface area contributed by atoms with Crippen LogP contribution in [0.4, 0.5) is 5.82 Å². The van der Waals surface area contributed by atoms with E-state index in [0.29, 0.717) is 5.82 Å². The third-order valence-electron chi connectivity index (χ3n) is 2.57. The molecule has 2 rings (SSSR count). The van der Waals surface area contributed by atoms with Crippen molar-refractivity contribution >= 4 is 5.82 Å². The average Bonchev–Trinajstić information content (AvgIpc) is 2.57. The molecule has 0 saturated carbocycles. The zero-order valence-electron chi connectivity index (χ0n) is 9.07. The Labute approximate surface area is 89.5 Å². The lowest BCUT2D eigenvalue weighted by Gasteiger charge is -2.08. The fourth-order valence-corrected chi connectivity index (χ4v) is 1.66. The number of aryl methyl sites for hydroxylation is 2. The Morgan fingerprint density at radius 1 is 1.27 bits per heavy atom. The van der Waals surface area contributed by atoms with Crippen molar-refractivity contribution in [2.45, 2.75) is 20.4 Å². The van der Waals surface area contributed by atoms with E-state index in [1.165, 1.54) is 16.7 Å². The monoisotopic (exact) mass is 201 g/mol. The Morgan fingerprint density at radius 3 is 2.67 bits per heavy atom. The van der Waals surface area contributed by atoms with Crippen molar-refractivity contribution in [1.82, 2.24) is 9.78 Å². The lowest BCUT2D eigenvalue weighted by atomic mass is 10.1. The van der Waals surface area contributed by atoms with E-state index in [9.17, 15) is 0 Å². The molecule has 1 heterocycles. The average molecular weight is 201 g/mol. The van der Waals surface area contributed by atoms with E-state index in [1.807, 2.05) is 6.07 Å². The molecule has 0 atom stereocenters. The molecule has 2 aromatic rings. The van der Waals surface area contributed by atoms with Gasteiger partial charge in [0.2, 0.25) is 0 Å². The molecule has 0 radical (unpaired) electrons. The van der Waals surface area contributed by atoms with Crippen LogP contribution in [0.15, 0.2) is 30.5 Å². The summed E-state index contributed by atoms with van der Waals surface area (Å²) < 4.78 is 1.80. The molecule has 0 bridgehead atoms. The van der Waals surface area contributed by atoms with Crippen molar-refractivity contribution in [1.29, 1.82) is 0 Å². The third kappa shape index (κ3) is 2.01. The minimum absolute atomic E-state index is 0.704. The van der Waals surface area contributed by atoms with Crippen molar-refractivity contribution in [3.63, 3.8) is 0 Å². The van der Waals surface area contributed by atoms with Gasteiger partial charge < -0.3 is 5.73 Å². The first kappa shape index (κ1) is 9.77. The maximum absolute atomic E-state index is 5.77. The van der Waals surface area contributed by atoms with Crippen LogP contribution in [0.3, 0.4) is 0 Å². The van der Waals surface area contributed by atoms with E-state index < -0.39 is 0 Å². The number of hydrogen-bond acceptors (Lipinski definition) is 2. The van der Waals surface area contributed by atoms with Crippen LogP contribution in [0.25, 0.3) is 0 Å². The molecular formula is C12H15N3. The van der Waals surface area contributed by atoms with Gasteiger partial charge in [0.15, 0.2) is 0 Å². The Hall–Kier alpha value is -1.77. The van der Waals surface area contributed by atoms with Crippen LogP contribution in [0, 0.1) is 13.8 Å². The van der Waals surface area contributed by atoms with Crippen LogP contribution in [-0.4, -0.2) is 9.78 Å². The summed E-state index contributed by atoms with van der Waals surface area (Å²) in [6, 6.07) is 8.23. The lowest BCUT2D eigenvalue weighted by molar-refractivity contribution is 0.694. The molecule has 0 aliphatic carbocycles. The summed E-state index contributed by atoms with van der Waals surface area (Å²) in [5.74, 6) is 0.704.